The Bertz CT molecular complexity index is 849. The van der Waals surface area contributed by atoms with E-state index in [2.05, 4.69) is 17.4 Å². The zero-order valence-corrected chi connectivity index (χ0v) is 14.4. The quantitative estimate of drug-likeness (QED) is 0.682. The third-order valence-corrected chi connectivity index (χ3v) is 3.93. The van der Waals surface area contributed by atoms with Gasteiger partial charge in [0.25, 0.3) is 5.91 Å². The smallest absolute Gasteiger partial charge is 0.262 e. The predicted octanol–water partition coefficient (Wildman–Crippen LogP) is 4.95. The summed E-state index contributed by atoms with van der Waals surface area (Å²) >= 11 is 5.91. The zero-order chi connectivity index (χ0) is 17.5. The molecule has 1 amide bonds. The molecule has 25 heavy (non-hydrogen) atoms. The van der Waals surface area contributed by atoms with Crippen LogP contribution in [-0.4, -0.2) is 12.5 Å². The van der Waals surface area contributed by atoms with E-state index >= 15 is 0 Å². The molecule has 0 fully saturated rings. The van der Waals surface area contributed by atoms with Crippen LogP contribution in [0.15, 0.2) is 78.9 Å². The monoisotopic (exact) mass is 351 g/mol. The standard InChI is InChI=1S/C21H18ClNO2/c22-18-10-6-11-19(14-18)25-15-21(24)23-20-12-5-4-9-17(20)13-16-7-2-1-3-8-16/h1-12,14H,13,15H2,(H,23,24). The minimum Gasteiger partial charge on any atom is -0.484 e. The van der Waals surface area contributed by atoms with E-state index in [0.29, 0.717) is 10.8 Å². The van der Waals surface area contributed by atoms with Gasteiger partial charge in [0.05, 0.1) is 0 Å². The lowest BCUT2D eigenvalue weighted by molar-refractivity contribution is -0.118. The molecule has 3 nitrogen and oxygen atoms in total. The van der Waals surface area contributed by atoms with Crippen LogP contribution in [0.25, 0.3) is 0 Å². The van der Waals surface area contributed by atoms with E-state index < -0.39 is 0 Å². The highest BCUT2D eigenvalue weighted by atomic mass is 35.5. The van der Waals surface area contributed by atoms with Gasteiger partial charge < -0.3 is 10.1 Å². The van der Waals surface area contributed by atoms with Gasteiger partial charge in [-0.2, -0.15) is 0 Å². The van der Waals surface area contributed by atoms with Crippen molar-refractivity contribution >= 4 is 23.2 Å². The number of hydrogen-bond acceptors (Lipinski definition) is 2. The third-order valence-electron chi connectivity index (χ3n) is 3.69. The zero-order valence-electron chi connectivity index (χ0n) is 13.6. The van der Waals surface area contributed by atoms with Crippen LogP contribution in [0.2, 0.25) is 5.02 Å². The molecule has 126 valence electrons. The van der Waals surface area contributed by atoms with Crippen LogP contribution < -0.4 is 10.1 Å². The number of carbonyl (C=O) groups excluding carboxylic acids is 1. The van der Waals surface area contributed by atoms with Crippen molar-refractivity contribution in [1.29, 1.82) is 0 Å². The second-order valence-electron chi connectivity index (χ2n) is 5.61. The minimum absolute atomic E-state index is 0.0694. The highest BCUT2D eigenvalue weighted by Crippen LogP contribution is 2.20. The summed E-state index contributed by atoms with van der Waals surface area (Å²) < 4.78 is 5.48. The molecule has 3 aromatic rings. The van der Waals surface area contributed by atoms with E-state index in [0.717, 1.165) is 17.7 Å². The molecule has 0 atom stereocenters. The maximum absolute atomic E-state index is 12.2. The first kappa shape index (κ1) is 17.1. The third kappa shape index (κ3) is 5.10. The van der Waals surface area contributed by atoms with Crippen LogP contribution in [0.4, 0.5) is 5.69 Å². The highest BCUT2D eigenvalue weighted by molar-refractivity contribution is 6.30. The molecular formula is C21H18ClNO2. The van der Waals surface area contributed by atoms with Crippen molar-refractivity contribution in [2.75, 3.05) is 11.9 Å². The second kappa shape index (κ2) is 8.36. The summed E-state index contributed by atoms with van der Waals surface area (Å²) in [5, 5.41) is 3.49. The number of hydrogen-bond donors (Lipinski definition) is 1. The van der Waals surface area contributed by atoms with Crippen molar-refractivity contribution in [2.45, 2.75) is 6.42 Å². The van der Waals surface area contributed by atoms with Gasteiger partial charge >= 0.3 is 0 Å². The fraction of sp³-hybridized carbons (Fsp3) is 0.0952. The molecule has 0 aliphatic carbocycles. The van der Waals surface area contributed by atoms with Crippen molar-refractivity contribution in [3.63, 3.8) is 0 Å². The van der Waals surface area contributed by atoms with Gasteiger partial charge in [-0.3, -0.25) is 4.79 Å². The van der Waals surface area contributed by atoms with Gasteiger partial charge in [-0.15, -0.1) is 0 Å². The molecule has 0 heterocycles. The summed E-state index contributed by atoms with van der Waals surface area (Å²) in [6.45, 7) is -0.0694. The fourth-order valence-corrected chi connectivity index (χ4v) is 2.68. The Morgan fingerprint density at radius 3 is 2.48 bits per heavy atom. The molecule has 0 aromatic heterocycles. The van der Waals surface area contributed by atoms with Gasteiger partial charge in [0.15, 0.2) is 6.61 Å². The lowest BCUT2D eigenvalue weighted by Gasteiger charge is -2.12. The van der Waals surface area contributed by atoms with E-state index in [-0.39, 0.29) is 12.5 Å². The Hall–Kier alpha value is -2.78. The summed E-state index contributed by atoms with van der Waals surface area (Å²) in [5.74, 6) is 0.362. The summed E-state index contributed by atoms with van der Waals surface area (Å²) in [5.41, 5.74) is 3.05. The second-order valence-corrected chi connectivity index (χ2v) is 6.05. The number of halogens is 1. The maximum Gasteiger partial charge on any atom is 0.262 e. The number of ether oxygens (including phenoxy) is 1. The number of para-hydroxylation sites is 1. The maximum atomic E-state index is 12.2. The average molecular weight is 352 g/mol. The van der Waals surface area contributed by atoms with Gasteiger partial charge in [-0.25, -0.2) is 0 Å². The van der Waals surface area contributed by atoms with Gasteiger partial charge in [0.2, 0.25) is 0 Å². The SMILES string of the molecule is O=C(COc1cccc(Cl)c1)Nc1ccccc1Cc1ccccc1. The summed E-state index contributed by atoms with van der Waals surface area (Å²) in [6, 6.07) is 24.9. The summed E-state index contributed by atoms with van der Waals surface area (Å²) in [7, 11) is 0. The molecule has 0 unspecified atom stereocenters. The Morgan fingerprint density at radius 2 is 1.68 bits per heavy atom. The van der Waals surface area contributed by atoms with E-state index in [9.17, 15) is 4.79 Å². The molecule has 4 heteroatoms. The summed E-state index contributed by atoms with van der Waals surface area (Å²) in [6.07, 6.45) is 0.756. The average Bonchev–Trinajstić information content (AvgIpc) is 2.63. The number of rotatable bonds is 6. The van der Waals surface area contributed by atoms with E-state index in [1.807, 2.05) is 42.5 Å². The largest absolute Gasteiger partial charge is 0.484 e. The van der Waals surface area contributed by atoms with Crippen molar-refractivity contribution in [3.05, 3.63) is 95.0 Å². The lowest BCUT2D eigenvalue weighted by atomic mass is 10.0. The highest BCUT2D eigenvalue weighted by Gasteiger charge is 2.08. The van der Waals surface area contributed by atoms with Crippen LogP contribution in [0, 0.1) is 0 Å². The molecule has 3 rings (SSSR count). The first-order chi connectivity index (χ1) is 12.2. The van der Waals surface area contributed by atoms with Crippen molar-refractivity contribution in [2.24, 2.45) is 0 Å². The van der Waals surface area contributed by atoms with Crippen molar-refractivity contribution in [3.8, 4) is 5.75 Å². The van der Waals surface area contributed by atoms with Gasteiger partial charge in [0, 0.05) is 10.7 Å². The first-order valence-corrected chi connectivity index (χ1v) is 8.38. The lowest BCUT2D eigenvalue weighted by Crippen LogP contribution is -2.21. The Morgan fingerprint density at radius 1 is 0.920 bits per heavy atom. The Balaban J connectivity index is 1.63. The molecular weight excluding hydrogens is 334 g/mol. The van der Waals surface area contributed by atoms with Crippen LogP contribution in [0.3, 0.4) is 0 Å². The molecule has 0 saturated heterocycles. The Labute approximate surface area is 152 Å². The molecule has 0 aliphatic rings. The molecule has 3 aromatic carbocycles. The fourth-order valence-electron chi connectivity index (χ4n) is 2.50. The number of anilines is 1. The van der Waals surface area contributed by atoms with Crippen molar-refractivity contribution < 1.29 is 9.53 Å². The molecule has 1 N–H and O–H groups in total. The predicted molar refractivity (Wildman–Crippen MR) is 101 cm³/mol. The van der Waals surface area contributed by atoms with E-state index in [1.165, 1.54) is 5.56 Å². The molecule has 0 bridgehead atoms. The normalized spacial score (nSPS) is 10.3. The van der Waals surface area contributed by atoms with Gasteiger partial charge in [-0.1, -0.05) is 66.2 Å². The molecule has 0 aliphatic heterocycles. The first-order valence-electron chi connectivity index (χ1n) is 8.01. The number of nitrogens with one attached hydrogen (secondary N) is 1. The number of benzene rings is 3. The van der Waals surface area contributed by atoms with Crippen LogP contribution in [0.1, 0.15) is 11.1 Å². The van der Waals surface area contributed by atoms with E-state index in [4.69, 9.17) is 16.3 Å². The van der Waals surface area contributed by atoms with Crippen molar-refractivity contribution in [1.82, 2.24) is 0 Å². The van der Waals surface area contributed by atoms with Gasteiger partial charge in [-0.05, 0) is 41.8 Å². The molecule has 0 saturated carbocycles. The van der Waals surface area contributed by atoms with Crippen LogP contribution in [-0.2, 0) is 11.2 Å². The van der Waals surface area contributed by atoms with Crippen LogP contribution in [0.5, 0.6) is 5.75 Å². The Kier molecular flexibility index (Phi) is 5.70. The molecule has 0 spiro atoms. The summed E-state index contributed by atoms with van der Waals surface area (Å²) in [4.78, 5) is 12.2. The number of carbonyl (C=O) groups is 1. The molecule has 0 radical (unpaired) electrons. The van der Waals surface area contributed by atoms with E-state index in [1.54, 1.807) is 24.3 Å². The van der Waals surface area contributed by atoms with Crippen LogP contribution >= 0.6 is 11.6 Å². The van der Waals surface area contributed by atoms with Gasteiger partial charge in [0.1, 0.15) is 5.75 Å². The minimum atomic E-state index is -0.208. The number of amides is 1. The topological polar surface area (TPSA) is 38.3 Å².